The molecule has 104 valence electrons. The predicted octanol–water partition coefficient (Wildman–Crippen LogP) is 3.01. The first-order valence-corrected chi connectivity index (χ1v) is 6.11. The molecule has 0 fully saturated rings. The first kappa shape index (κ1) is 16.7. The maximum atomic E-state index is 11.4. The predicted molar refractivity (Wildman–Crippen MR) is 70.1 cm³/mol. The van der Waals surface area contributed by atoms with E-state index in [2.05, 4.69) is 0 Å². The molecule has 0 saturated carbocycles. The molecular formula is C14H24O4. The highest BCUT2D eigenvalue weighted by atomic mass is 16.6. The lowest BCUT2D eigenvalue weighted by molar-refractivity contribution is -0.155. The molecule has 0 aromatic carbocycles. The molecule has 0 saturated heterocycles. The molecular weight excluding hydrogens is 232 g/mol. The smallest absolute Gasteiger partial charge is 0.330 e. The average Bonchev–Trinajstić information content (AvgIpc) is 2.06. The van der Waals surface area contributed by atoms with E-state index in [1.807, 2.05) is 20.8 Å². The van der Waals surface area contributed by atoms with E-state index in [0.29, 0.717) is 6.42 Å². The van der Waals surface area contributed by atoms with Crippen molar-refractivity contribution in [1.82, 2.24) is 0 Å². The van der Waals surface area contributed by atoms with E-state index < -0.39 is 17.2 Å². The summed E-state index contributed by atoms with van der Waals surface area (Å²) in [5.74, 6) is -0.664. The maximum Gasteiger partial charge on any atom is 0.330 e. The monoisotopic (exact) mass is 256 g/mol. The van der Waals surface area contributed by atoms with Crippen LogP contribution in [-0.2, 0) is 19.1 Å². The van der Waals surface area contributed by atoms with E-state index in [0.717, 1.165) is 0 Å². The summed E-state index contributed by atoms with van der Waals surface area (Å²) in [4.78, 5) is 22.7. The van der Waals surface area contributed by atoms with Gasteiger partial charge in [-0.05, 0) is 48.0 Å². The van der Waals surface area contributed by atoms with Crippen LogP contribution >= 0.6 is 0 Å². The fourth-order valence-electron chi connectivity index (χ4n) is 1.11. The van der Waals surface area contributed by atoms with Crippen molar-refractivity contribution in [1.29, 1.82) is 0 Å². The summed E-state index contributed by atoms with van der Waals surface area (Å²) in [5, 5.41) is 0. The van der Waals surface area contributed by atoms with Gasteiger partial charge in [-0.1, -0.05) is 6.08 Å². The molecule has 0 aromatic heterocycles. The van der Waals surface area contributed by atoms with Gasteiger partial charge in [0.25, 0.3) is 0 Å². The van der Waals surface area contributed by atoms with Crippen molar-refractivity contribution in [3.63, 3.8) is 0 Å². The molecule has 4 heteroatoms. The second-order valence-corrected chi connectivity index (χ2v) is 6.06. The van der Waals surface area contributed by atoms with Gasteiger partial charge in [0.05, 0.1) is 0 Å². The van der Waals surface area contributed by atoms with Crippen molar-refractivity contribution in [3.8, 4) is 0 Å². The third-order valence-electron chi connectivity index (χ3n) is 1.60. The van der Waals surface area contributed by atoms with E-state index in [1.54, 1.807) is 26.8 Å². The first-order valence-electron chi connectivity index (χ1n) is 6.11. The van der Waals surface area contributed by atoms with Gasteiger partial charge in [0.15, 0.2) is 0 Å². The Labute approximate surface area is 109 Å². The third-order valence-corrected chi connectivity index (χ3v) is 1.60. The van der Waals surface area contributed by atoms with Crippen molar-refractivity contribution in [2.24, 2.45) is 0 Å². The van der Waals surface area contributed by atoms with Crippen molar-refractivity contribution in [3.05, 3.63) is 12.2 Å². The zero-order valence-electron chi connectivity index (χ0n) is 12.2. The number of carbonyl (C=O) groups is 2. The number of carbonyl (C=O) groups excluding carboxylic acids is 2. The lowest BCUT2D eigenvalue weighted by Gasteiger charge is -2.19. The molecule has 0 amide bonds. The van der Waals surface area contributed by atoms with E-state index in [1.165, 1.54) is 6.08 Å². The van der Waals surface area contributed by atoms with Crippen LogP contribution in [0.5, 0.6) is 0 Å². The maximum absolute atomic E-state index is 11.4. The Hall–Kier alpha value is -1.32. The van der Waals surface area contributed by atoms with E-state index >= 15 is 0 Å². The van der Waals surface area contributed by atoms with Gasteiger partial charge in [0.1, 0.15) is 11.2 Å². The number of hydrogen-bond acceptors (Lipinski definition) is 4. The summed E-state index contributed by atoms with van der Waals surface area (Å²) in [6, 6.07) is 0. The zero-order chi connectivity index (χ0) is 14.4. The van der Waals surface area contributed by atoms with Gasteiger partial charge >= 0.3 is 11.9 Å². The number of esters is 2. The quantitative estimate of drug-likeness (QED) is 0.573. The van der Waals surface area contributed by atoms with Gasteiger partial charge in [-0.2, -0.15) is 0 Å². The van der Waals surface area contributed by atoms with Crippen LogP contribution < -0.4 is 0 Å². The number of allylic oxidation sites excluding steroid dienone is 1. The van der Waals surface area contributed by atoms with Crippen LogP contribution in [0.3, 0.4) is 0 Å². The van der Waals surface area contributed by atoms with Crippen LogP contribution in [0.1, 0.15) is 54.4 Å². The highest BCUT2D eigenvalue weighted by Gasteiger charge is 2.16. The van der Waals surface area contributed by atoms with E-state index in [-0.39, 0.29) is 12.4 Å². The molecule has 0 heterocycles. The first-order chi connectivity index (χ1) is 7.99. The molecule has 0 aliphatic heterocycles. The topological polar surface area (TPSA) is 52.6 Å². The zero-order valence-corrected chi connectivity index (χ0v) is 12.2. The summed E-state index contributed by atoms with van der Waals surface area (Å²) in [7, 11) is 0. The van der Waals surface area contributed by atoms with Crippen LogP contribution in [0.4, 0.5) is 0 Å². The Balaban J connectivity index is 3.91. The van der Waals surface area contributed by atoms with Gasteiger partial charge in [-0.3, -0.25) is 4.79 Å². The van der Waals surface area contributed by atoms with Crippen LogP contribution in [-0.4, -0.2) is 23.1 Å². The summed E-state index contributed by atoms with van der Waals surface area (Å²) >= 11 is 0. The van der Waals surface area contributed by atoms with E-state index in [4.69, 9.17) is 9.47 Å². The SMILES string of the molecule is CC(C)(C)OC(=O)/C=C/CCC(=O)OC(C)(C)C. The Bertz CT molecular complexity index is 316. The molecule has 0 radical (unpaired) electrons. The minimum Gasteiger partial charge on any atom is -0.460 e. The molecule has 0 aliphatic rings. The molecule has 0 N–H and O–H groups in total. The number of ether oxygens (including phenoxy) is 2. The van der Waals surface area contributed by atoms with Crippen LogP contribution in [0, 0.1) is 0 Å². The summed E-state index contributed by atoms with van der Waals surface area (Å²) in [6.07, 6.45) is 3.69. The minimum atomic E-state index is -0.493. The van der Waals surface area contributed by atoms with Gasteiger partial charge in [0, 0.05) is 12.5 Å². The second kappa shape index (κ2) is 6.57. The number of rotatable bonds is 4. The molecule has 18 heavy (non-hydrogen) atoms. The molecule has 0 bridgehead atoms. The highest BCUT2D eigenvalue weighted by Crippen LogP contribution is 2.10. The largest absolute Gasteiger partial charge is 0.460 e. The molecule has 0 spiro atoms. The molecule has 0 aromatic rings. The molecule has 0 atom stereocenters. The van der Waals surface area contributed by atoms with Crippen molar-refractivity contribution >= 4 is 11.9 Å². The average molecular weight is 256 g/mol. The Morgan fingerprint density at radius 1 is 0.944 bits per heavy atom. The van der Waals surface area contributed by atoms with Crippen LogP contribution in [0.15, 0.2) is 12.2 Å². The Morgan fingerprint density at radius 3 is 1.89 bits per heavy atom. The highest BCUT2D eigenvalue weighted by molar-refractivity contribution is 5.82. The van der Waals surface area contributed by atoms with E-state index in [9.17, 15) is 9.59 Å². The van der Waals surface area contributed by atoms with Crippen LogP contribution in [0.2, 0.25) is 0 Å². The van der Waals surface area contributed by atoms with Crippen molar-refractivity contribution in [2.45, 2.75) is 65.6 Å². The van der Waals surface area contributed by atoms with Gasteiger partial charge in [0.2, 0.25) is 0 Å². The summed E-state index contributed by atoms with van der Waals surface area (Å²) < 4.78 is 10.2. The van der Waals surface area contributed by atoms with Crippen molar-refractivity contribution in [2.75, 3.05) is 0 Å². The molecule has 0 aliphatic carbocycles. The van der Waals surface area contributed by atoms with Crippen LogP contribution in [0.25, 0.3) is 0 Å². The fourth-order valence-corrected chi connectivity index (χ4v) is 1.11. The molecule has 0 rings (SSSR count). The molecule has 4 nitrogen and oxygen atoms in total. The van der Waals surface area contributed by atoms with Gasteiger partial charge in [-0.25, -0.2) is 4.79 Å². The lowest BCUT2D eigenvalue weighted by atomic mass is 10.2. The standard InChI is InChI=1S/C14H24O4/c1-13(2,3)17-11(15)9-7-8-10-12(16)18-14(4,5)6/h7,9H,8,10H2,1-6H3/b9-7+. The van der Waals surface area contributed by atoms with Crippen molar-refractivity contribution < 1.29 is 19.1 Å². The lowest BCUT2D eigenvalue weighted by Crippen LogP contribution is -2.23. The summed E-state index contributed by atoms with van der Waals surface area (Å²) in [6.45, 7) is 10.9. The minimum absolute atomic E-state index is 0.260. The van der Waals surface area contributed by atoms with Gasteiger partial charge in [-0.15, -0.1) is 0 Å². The number of hydrogen-bond donors (Lipinski definition) is 0. The second-order valence-electron chi connectivity index (χ2n) is 6.06. The Kier molecular flexibility index (Phi) is 6.09. The normalized spacial score (nSPS) is 12.6. The third kappa shape index (κ3) is 11.2. The van der Waals surface area contributed by atoms with Gasteiger partial charge < -0.3 is 9.47 Å². The summed E-state index contributed by atoms with van der Waals surface area (Å²) in [5.41, 5.74) is -0.960. The fraction of sp³-hybridized carbons (Fsp3) is 0.714. The molecule has 0 unspecified atom stereocenters. The Morgan fingerprint density at radius 2 is 1.44 bits per heavy atom.